The number of aliphatic hydroxyl groups is 1. The van der Waals surface area contributed by atoms with Crippen LogP contribution in [-0.2, 0) is 6.54 Å². The van der Waals surface area contributed by atoms with Crippen LogP contribution in [0.1, 0.15) is 30.1 Å². The highest BCUT2D eigenvalue weighted by atomic mass is 16.5. The summed E-state index contributed by atoms with van der Waals surface area (Å²) in [7, 11) is 0. The lowest BCUT2D eigenvalue weighted by molar-refractivity contribution is 0.108. The van der Waals surface area contributed by atoms with E-state index in [0.29, 0.717) is 6.04 Å². The molecule has 0 aliphatic heterocycles. The number of hydrogen-bond donors (Lipinski definition) is 2. The Hall–Kier alpha value is -1.84. The Kier molecular flexibility index (Phi) is 4.53. The van der Waals surface area contributed by atoms with E-state index in [4.69, 9.17) is 4.74 Å². The molecule has 1 fully saturated rings. The molecule has 3 heteroatoms. The number of aliphatic hydroxyl groups excluding tert-OH is 1. The van der Waals surface area contributed by atoms with Crippen molar-refractivity contribution >= 4 is 0 Å². The fourth-order valence-corrected chi connectivity index (χ4v) is 2.24. The van der Waals surface area contributed by atoms with Crippen molar-refractivity contribution in [2.75, 3.05) is 6.61 Å². The zero-order valence-corrected chi connectivity index (χ0v) is 12.0. The molecule has 0 radical (unpaired) electrons. The molecular weight excluding hydrogens is 262 g/mol. The summed E-state index contributed by atoms with van der Waals surface area (Å²) in [6.07, 6.45) is 1.98. The number of ether oxygens (including phenoxy) is 1. The van der Waals surface area contributed by atoms with E-state index in [9.17, 15) is 5.11 Å². The van der Waals surface area contributed by atoms with E-state index >= 15 is 0 Å². The fourth-order valence-electron chi connectivity index (χ4n) is 2.24. The van der Waals surface area contributed by atoms with E-state index in [0.717, 1.165) is 17.9 Å². The first-order chi connectivity index (χ1) is 10.3. The summed E-state index contributed by atoms with van der Waals surface area (Å²) in [5.74, 6) is 0.806. The molecule has 3 rings (SSSR count). The molecule has 0 heterocycles. The minimum absolute atomic E-state index is 0.267. The summed E-state index contributed by atoms with van der Waals surface area (Å²) in [5, 5.41) is 13.6. The minimum Gasteiger partial charge on any atom is -0.491 e. The van der Waals surface area contributed by atoms with Gasteiger partial charge in [0.05, 0.1) is 0 Å². The van der Waals surface area contributed by atoms with Crippen molar-refractivity contribution in [3.8, 4) is 5.75 Å². The predicted octanol–water partition coefficient (Wildman–Crippen LogP) is 3.05. The molecule has 1 atom stereocenters. The Labute approximate surface area is 125 Å². The van der Waals surface area contributed by atoms with Crippen LogP contribution in [0.2, 0.25) is 0 Å². The van der Waals surface area contributed by atoms with Gasteiger partial charge < -0.3 is 15.2 Å². The third-order valence-corrected chi connectivity index (χ3v) is 3.66. The summed E-state index contributed by atoms with van der Waals surface area (Å²) in [4.78, 5) is 0. The molecule has 110 valence electrons. The Morgan fingerprint density at radius 3 is 2.67 bits per heavy atom. The van der Waals surface area contributed by atoms with Crippen molar-refractivity contribution in [3.05, 3.63) is 65.7 Å². The number of hydrogen-bond acceptors (Lipinski definition) is 3. The third-order valence-electron chi connectivity index (χ3n) is 3.66. The zero-order chi connectivity index (χ0) is 14.5. The van der Waals surface area contributed by atoms with E-state index in [-0.39, 0.29) is 6.61 Å². The maximum atomic E-state index is 10.1. The first kappa shape index (κ1) is 14.1. The molecule has 0 bridgehead atoms. The highest BCUT2D eigenvalue weighted by Gasteiger charge is 2.19. The molecular formula is C18H21NO2. The van der Waals surface area contributed by atoms with Crippen molar-refractivity contribution in [2.24, 2.45) is 0 Å². The Morgan fingerprint density at radius 2 is 1.90 bits per heavy atom. The first-order valence-corrected chi connectivity index (χ1v) is 7.49. The van der Waals surface area contributed by atoms with Crippen LogP contribution in [0.25, 0.3) is 0 Å². The smallest absolute Gasteiger partial charge is 0.119 e. The van der Waals surface area contributed by atoms with Gasteiger partial charge >= 0.3 is 0 Å². The van der Waals surface area contributed by atoms with Crippen molar-refractivity contribution in [2.45, 2.75) is 31.5 Å². The van der Waals surface area contributed by atoms with Gasteiger partial charge in [0.2, 0.25) is 0 Å². The van der Waals surface area contributed by atoms with Gasteiger partial charge in [0, 0.05) is 12.6 Å². The largest absolute Gasteiger partial charge is 0.491 e. The Bertz CT molecular complexity index is 566. The van der Waals surface area contributed by atoms with Crippen LogP contribution in [0, 0.1) is 0 Å². The average molecular weight is 283 g/mol. The van der Waals surface area contributed by atoms with Crippen LogP contribution < -0.4 is 10.1 Å². The van der Waals surface area contributed by atoms with Gasteiger partial charge in [0.15, 0.2) is 0 Å². The second-order valence-corrected chi connectivity index (χ2v) is 5.54. The molecule has 2 N–H and O–H groups in total. The van der Waals surface area contributed by atoms with E-state index in [1.807, 2.05) is 48.5 Å². The molecule has 21 heavy (non-hydrogen) atoms. The van der Waals surface area contributed by atoms with Gasteiger partial charge in [-0.15, -0.1) is 0 Å². The minimum atomic E-state index is -0.598. The van der Waals surface area contributed by atoms with Crippen molar-refractivity contribution in [1.82, 2.24) is 5.32 Å². The van der Waals surface area contributed by atoms with Gasteiger partial charge in [0.25, 0.3) is 0 Å². The van der Waals surface area contributed by atoms with E-state index in [1.165, 1.54) is 18.4 Å². The lowest BCUT2D eigenvalue weighted by atomic mass is 10.1. The van der Waals surface area contributed by atoms with Gasteiger partial charge in [-0.3, -0.25) is 0 Å². The lowest BCUT2D eigenvalue weighted by Crippen LogP contribution is -2.15. The van der Waals surface area contributed by atoms with Crippen LogP contribution in [0.3, 0.4) is 0 Å². The molecule has 0 aromatic heterocycles. The lowest BCUT2D eigenvalue weighted by Gasteiger charge is -2.13. The topological polar surface area (TPSA) is 41.5 Å². The predicted molar refractivity (Wildman–Crippen MR) is 83.2 cm³/mol. The third kappa shape index (κ3) is 4.31. The van der Waals surface area contributed by atoms with Crippen molar-refractivity contribution < 1.29 is 9.84 Å². The molecule has 2 aromatic carbocycles. The van der Waals surface area contributed by atoms with Crippen molar-refractivity contribution in [1.29, 1.82) is 0 Å². The highest BCUT2D eigenvalue weighted by Crippen LogP contribution is 2.21. The molecule has 2 aromatic rings. The molecule has 0 saturated heterocycles. The maximum Gasteiger partial charge on any atom is 0.119 e. The van der Waals surface area contributed by atoms with Gasteiger partial charge in [-0.05, 0) is 36.1 Å². The fraction of sp³-hybridized carbons (Fsp3) is 0.333. The Balaban J connectivity index is 1.53. The summed E-state index contributed by atoms with van der Waals surface area (Å²) < 4.78 is 5.71. The SMILES string of the molecule is OC(COc1cccc(CNC2CC2)c1)c1ccccc1. The average Bonchev–Trinajstić information content (AvgIpc) is 3.36. The second-order valence-electron chi connectivity index (χ2n) is 5.54. The number of benzene rings is 2. The van der Waals surface area contributed by atoms with Crippen LogP contribution >= 0.6 is 0 Å². The van der Waals surface area contributed by atoms with Crippen LogP contribution in [0.15, 0.2) is 54.6 Å². The molecule has 1 aliphatic carbocycles. The second kappa shape index (κ2) is 6.74. The van der Waals surface area contributed by atoms with E-state index < -0.39 is 6.10 Å². The standard InChI is InChI=1S/C18H21NO2/c20-18(15-6-2-1-3-7-15)13-21-17-8-4-5-14(11-17)12-19-16-9-10-16/h1-8,11,16,18-20H,9-10,12-13H2. The molecule has 0 amide bonds. The normalized spacial score (nSPS) is 15.7. The van der Waals surface area contributed by atoms with Gasteiger partial charge in [-0.25, -0.2) is 0 Å². The molecule has 1 saturated carbocycles. The summed E-state index contributed by atoms with van der Waals surface area (Å²) in [6.45, 7) is 1.15. The summed E-state index contributed by atoms with van der Waals surface area (Å²) in [6, 6.07) is 18.3. The van der Waals surface area contributed by atoms with Crippen LogP contribution in [0.4, 0.5) is 0 Å². The van der Waals surface area contributed by atoms with Gasteiger partial charge in [-0.2, -0.15) is 0 Å². The first-order valence-electron chi connectivity index (χ1n) is 7.49. The highest BCUT2D eigenvalue weighted by molar-refractivity contribution is 5.29. The monoisotopic (exact) mass is 283 g/mol. The van der Waals surface area contributed by atoms with Gasteiger partial charge in [0.1, 0.15) is 18.5 Å². The number of rotatable bonds is 7. The molecule has 1 aliphatic rings. The zero-order valence-electron chi connectivity index (χ0n) is 12.0. The van der Waals surface area contributed by atoms with Crippen LogP contribution in [0.5, 0.6) is 5.75 Å². The molecule has 1 unspecified atom stereocenters. The maximum absolute atomic E-state index is 10.1. The molecule has 0 spiro atoms. The number of nitrogens with one attached hydrogen (secondary N) is 1. The quantitative estimate of drug-likeness (QED) is 0.820. The van der Waals surface area contributed by atoms with E-state index in [2.05, 4.69) is 11.4 Å². The van der Waals surface area contributed by atoms with Crippen molar-refractivity contribution in [3.63, 3.8) is 0 Å². The molecule has 3 nitrogen and oxygen atoms in total. The van der Waals surface area contributed by atoms with E-state index in [1.54, 1.807) is 0 Å². The van der Waals surface area contributed by atoms with Gasteiger partial charge in [-0.1, -0.05) is 42.5 Å². The summed E-state index contributed by atoms with van der Waals surface area (Å²) >= 11 is 0. The summed E-state index contributed by atoms with van der Waals surface area (Å²) in [5.41, 5.74) is 2.10. The van der Waals surface area contributed by atoms with Crippen LogP contribution in [-0.4, -0.2) is 17.8 Å². The Morgan fingerprint density at radius 1 is 1.10 bits per heavy atom.